The van der Waals surface area contributed by atoms with Gasteiger partial charge in [0.25, 0.3) is 5.91 Å². The van der Waals surface area contributed by atoms with E-state index in [0.29, 0.717) is 0 Å². The molecule has 2 aromatic carbocycles. The van der Waals surface area contributed by atoms with Crippen molar-refractivity contribution in [3.63, 3.8) is 0 Å². The van der Waals surface area contributed by atoms with Crippen LogP contribution in [-0.4, -0.2) is 16.1 Å². The van der Waals surface area contributed by atoms with Gasteiger partial charge in [-0.05, 0) is 61.1 Å². The molecule has 4 nitrogen and oxygen atoms in total. The Balaban J connectivity index is 1.90. The number of phenolic OH excluding ortho intramolecular Hbond substituents is 2. The minimum absolute atomic E-state index is 0.0481. The van der Waals surface area contributed by atoms with Crippen LogP contribution in [0.1, 0.15) is 34.3 Å². The van der Waals surface area contributed by atoms with Gasteiger partial charge in [-0.2, -0.15) is 0 Å². The molecule has 21 heavy (non-hydrogen) atoms. The van der Waals surface area contributed by atoms with Crippen LogP contribution < -0.4 is 5.32 Å². The van der Waals surface area contributed by atoms with E-state index in [1.54, 1.807) is 0 Å². The molecule has 0 fully saturated rings. The summed E-state index contributed by atoms with van der Waals surface area (Å²) in [6.45, 7) is 0. The van der Waals surface area contributed by atoms with E-state index in [-0.39, 0.29) is 17.1 Å². The Morgan fingerprint density at radius 2 is 1.86 bits per heavy atom. The van der Waals surface area contributed by atoms with Crippen molar-refractivity contribution >= 4 is 11.6 Å². The molecule has 0 saturated carbocycles. The fraction of sp³-hybridized carbons (Fsp3) is 0.235. The smallest absolute Gasteiger partial charge is 0.259 e. The van der Waals surface area contributed by atoms with Gasteiger partial charge in [-0.25, -0.2) is 0 Å². The molecule has 0 saturated heterocycles. The van der Waals surface area contributed by atoms with E-state index in [4.69, 9.17) is 0 Å². The molecular weight excluding hydrogens is 266 g/mol. The first kappa shape index (κ1) is 13.5. The van der Waals surface area contributed by atoms with E-state index in [1.807, 2.05) is 12.1 Å². The average molecular weight is 283 g/mol. The van der Waals surface area contributed by atoms with E-state index in [2.05, 4.69) is 11.4 Å². The first-order chi connectivity index (χ1) is 10.1. The van der Waals surface area contributed by atoms with Crippen LogP contribution >= 0.6 is 0 Å². The highest BCUT2D eigenvalue weighted by molar-refractivity contribution is 6.06. The van der Waals surface area contributed by atoms with Crippen molar-refractivity contribution in [3.8, 4) is 11.5 Å². The lowest BCUT2D eigenvalue weighted by Crippen LogP contribution is -2.15. The highest BCUT2D eigenvalue weighted by Crippen LogP contribution is 2.29. The lowest BCUT2D eigenvalue weighted by atomic mass is 9.90. The summed E-state index contributed by atoms with van der Waals surface area (Å²) in [4.78, 5) is 12.3. The Bertz CT molecular complexity index is 694. The Kier molecular flexibility index (Phi) is 3.52. The summed E-state index contributed by atoms with van der Waals surface area (Å²) in [5, 5.41) is 22.0. The Labute approximate surface area is 123 Å². The number of amides is 1. The third-order valence-corrected chi connectivity index (χ3v) is 3.87. The predicted octanol–water partition coefficient (Wildman–Crippen LogP) is 3.23. The van der Waals surface area contributed by atoms with Crippen LogP contribution in [0.15, 0.2) is 36.4 Å². The summed E-state index contributed by atoms with van der Waals surface area (Å²) in [6, 6.07) is 9.82. The summed E-state index contributed by atoms with van der Waals surface area (Å²) < 4.78 is 0. The first-order valence-corrected chi connectivity index (χ1v) is 7.09. The molecule has 3 rings (SSSR count). The maximum Gasteiger partial charge on any atom is 0.259 e. The number of nitrogens with one attached hydrogen (secondary N) is 1. The number of rotatable bonds is 2. The second kappa shape index (κ2) is 5.48. The molecule has 1 aliphatic carbocycles. The fourth-order valence-corrected chi connectivity index (χ4v) is 2.79. The number of phenols is 2. The van der Waals surface area contributed by atoms with Crippen LogP contribution in [0.4, 0.5) is 5.69 Å². The summed E-state index contributed by atoms with van der Waals surface area (Å²) in [5.74, 6) is -0.606. The van der Waals surface area contributed by atoms with Gasteiger partial charge < -0.3 is 15.5 Å². The van der Waals surface area contributed by atoms with Gasteiger partial charge in [0.05, 0.1) is 5.56 Å². The zero-order chi connectivity index (χ0) is 14.8. The molecule has 2 aromatic rings. The van der Waals surface area contributed by atoms with Crippen molar-refractivity contribution < 1.29 is 15.0 Å². The average Bonchev–Trinajstić information content (AvgIpc) is 2.50. The van der Waals surface area contributed by atoms with Gasteiger partial charge >= 0.3 is 0 Å². The lowest BCUT2D eigenvalue weighted by Gasteiger charge is -2.19. The monoisotopic (exact) mass is 283 g/mol. The third kappa shape index (κ3) is 2.70. The number of hydrogen-bond acceptors (Lipinski definition) is 3. The molecule has 4 heteroatoms. The molecule has 1 amide bonds. The molecule has 108 valence electrons. The zero-order valence-corrected chi connectivity index (χ0v) is 11.6. The molecule has 0 radical (unpaired) electrons. The number of anilines is 1. The maximum absolute atomic E-state index is 12.3. The highest BCUT2D eigenvalue weighted by atomic mass is 16.3. The SMILES string of the molecule is O=C(Nc1cccc2c1CCCC2)c1cc(O)ccc1O. The third-order valence-electron chi connectivity index (χ3n) is 3.87. The molecular formula is C17H17NO3. The van der Waals surface area contributed by atoms with Crippen molar-refractivity contribution in [1.29, 1.82) is 0 Å². The zero-order valence-electron chi connectivity index (χ0n) is 11.6. The van der Waals surface area contributed by atoms with E-state index >= 15 is 0 Å². The van der Waals surface area contributed by atoms with E-state index in [9.17, 15) is 15.0 Å². The van der Waals surface area contributed by atoms with E-state index in [0.717, 1.165) is 24.9 Å². The number of benzene rings is 2. The van der Waals surface area contributed by atoms with Gasteiger partial charge in [-0.1, -0.05) is 12.1 Å². The maximum atomic E-state index is 12.3. The topological polar surface area (TPSA) is 69.6 Å². The largest absolute Gasteiger partial charge is 0.508 e. The molecule has 0 spiro atoms. The Morgan fingerprint density at radius 3 is 2.71 bits per heavy atom. The molecule has 1 aliphatic rings. The number of carbonyl (C=O) groups is 1. The minimum Gasteiger partial charge on any atom is -0.508 e. The number of aryl methyl sites for hydroxylation is 1. The van der Waals surface area contributed by atoms with Crippen LogP contribution in [0, 0.1) is 0 Å². The molecule has 0 aromatic heterocycles. The summed E-state index contributed by atoms with van der Waals surface area (Å²) in [7, 11) is 0. The van der Waals surface area contributed by atoms with Crippen molar-refractivity contribution in [2.24, 2.45) is 0 Å². The van der Waals surface area contributed by atoms with Gasteiger partial charge in [0.1, 0.15) is 11.5 Å². The molecule has 0 atom stereocenters. The molecule has 0 unspecified atom stereocenters. The summed E-state index contributed by atoms with van der Waals surface area (Å²) >= 11 is 0. The van der Waals surface area contributed by atoms with Crippen LogP contribution in [0.3, 0.4) is 0 Å². The number of fused-ring (bicyclic) bond motifs is 1. The molecule has 3 N–H and O–H groups in total. The van der Waals surface area contributed by atoms with E-state index in [1.165, 1.54) is 35.7 Å². The van der Waals surface area contributed by atoms with Crippen LogP contribution in [0.25, 0.3) is 0 Å². The van der Waals surface area contributed by atoms with Gasteiger partial charge in [-0.15, -0.1) is 0 Å². The lowest BCUT2D eigenvalue weighted by molar-refractivity contribution is 0.102. The van der Waals surface area contributed by atoms with Crippen molar-refractivity contribution in [2.75, 3.05) is 5.32 Å². The number of aromatic hydroxyl groups is 2. The second-order valence-corrected chi connectivity index (χ2v) is 5.31. The Hall–Kier alpha value is -2.49. The van der Waals surface area contributed by atoms with Gasteiger partial charge in [0.2, 0.25) is 0 Å². The molecule has 0 heterocycles. The predicted molar refractivity (Wildman–Crippen MR) is 80.8 cm³/mol. The van der Waals surface area contributed by atoms with Crippen LogP contribution in [0.2, 0.25) is 0 Å². The van der Waals surface area contributed by atoms with Crippen LogP contribution in [-0.2, 0) is 12.8 Å². The Morgan fingerprint density at radius 1 is 1.05 bits per heavy atom. The van der Waals surface area contributed by atoms with Crippen molar-refractivity contribution in [1.82, 2.24) is 0 Å². The van der Waals surface area contributed by atoms with Crippen LogP contribution in [0.5, 0.6) is 11.5 Å². The van der Waals surface area contributed by atoms with Gasteiger partial charge in [-0.3, -0.25) is 4.79 Å². The normalized spacial score (nSPS) is 13.5. The quantitative estimate of drug-likeness (QED) is 0.741. The summed E-state index contributed by atoms with van der Waals surface area (Å²) in [6.07, 6.45) is 4.29. The molecule has 0 bridgehead atoms. The van der Waals surface area contributed by atoms with Crippen molar-refractivity contribution in [2.45, 2.75) is 25.7 Å². The number of carbonyl (C=O) groups excluding carboxylic acids is 1. The van der Waals surface area contributed by atoms with Gasteiger partial charge in [0.15, 0.2) is 0 Å². The standard InChI is InChI=1S/C17H17NO3/c19-12-8-9-16(20)14(10-12)17(21)18-15-7-3-5-11-4-1-2-6-13(11)15/h3,5,7-10,19-20H,1-2,4,6H2,(H,18,21). The fourth-order valence-electron chi connectivity index (χ4n) is 2.79. The minimum atomic E-state index is -0.414. The van der Waals surface area contributed by atoms with E-state index < -0.39 is 5.91 Å². The highest BCUT2D eigenvalue weighted by Gasteiger charge is 2.17. The molecule has 0 aliphatic heterocycles. The van der Waals surface area contributed by atoms with Crippen molar-refractivity contribution in [3.05, 3.63) is 53.1 Å². The number of hydrogen-bond donors (Lipinski definition) is 3. The second-order valence-electron chi connectivity index (χ2n) is 5.31. The first-order valence-electron chi connectivity index (χ1n) is 7.09. The van der Waals surface area contributed by atoms with Gasteiger partial charge in [0, 0.05) is 5.69 Å². The summed E-state index contributed by atoms with van der Waals surface area (Å²) in [5.41, 5.74) is 3.32.